The van der Waals surface area contributed by atoms with Crippen LogP contribution in [0.3, 0.4) is 0 Å². The second-order valence-corrected chi connectivity index (χ2v) is 11.8. The van der Waals surface area contributed by atoms with Crippen molar-refractivity contribution >= 4 is 5.78 Å². The molecule has 0 bridgehead atoms. The van der Waals surface area contributed by atoms with Crippen LogP contribution < -0.4 is 0 Å². The Bertz CT molecular complexity index is 732. The Balaban J connectivity index is 1.57. The van der Waals surface area contributed by atoms with Crippen molar-refractivity contribution in [1.82, 2.24) is 0 Å². The first-order valence-corrected chi connectivity index (χ1v) is 12.4. The molecule has 4 rings (SSSR count). The fourth-order valence-corrected chi connectivity index (χ4v) is 8.29. The van der Waals surface area contributed by atoms with E-state index in [-0.39, 0.29) is 29.1 Å². The van der Waals surface area contributed by atoms with Gasteiger partial charge in [0.15, 0.2) is 5.78 Å². The summed E-state index contributed by atoms with van der Waals surface area (Å²) in [7, 11) is 0. The molecule has 0 radical (unpaired) electrons. The highest BCUT2D eigenvalue weighted by molar-refractivity contribution is 6.01. The summed E-state index contributed by atoms with van der Waals surface area (Å²) >= 11 is 0. The van der Waals surface area contributed by atoms with Crippen molar-refractivity contribution in [3.63, 3.8) is 0 Å². The summed E-state index contributed by atoms with van der Waals surface area (Å²) < 4.78 is 0. The molecule has 0 aromatic heterocycles. The van der Waals surface area contributed by atoms with Gasteiger partial charge in [-0.05, 0) is 93.6 Å². The number of ketones is 1. The zero-order chi connectivity index (χ0) is 21.7. The van der Waals surface area contributed by atoms with E-state index in [9.17, 15) is 15.0 Å². The third kappa shape index (κ3) is 3.45. The van der Waals surface area contributed by atoms with Gasteiger partial charge < -0.3 is 10.2 Å². The number of hydrogen-bond acceptors (Lipinski definition) is 3. The van der Waals surface area contributed by atoms with E-state index in [0.717, 1.165) is 57.8 Å². The van der Waals surface area contributed by atoms with Gasteiger partial charge in [-0.25, -0.2) is 0 Å². The van der Waals surface area contributed by atoms with Crippen molar-refractivity contribution in [2.24, 2.45) is 40.4 Å². The fourth-order valence-electron chi connectivity index (χ4n) is 8.29. The van der Waals surface area contributed by atoms with Gasteiger partial charge in [-0.3, -0.25) is 4.79 Å². The van der Waals surface area contributed by atoms with Crippen LogP contribution in [0.1, 0.15) is 85.5 Å². The molecule has 0 spiro atoms. The van der Waals surface area contributed by atoms with Gasteiger partial charge >= 0.3 is 0 Å². The first kappa shape index (κ1) is 22.3. The molecular formula is C27H42O3. The molecule has 2 N–H and O–H groups in total. The van der Waals surface area contributed by atoms with Gasteiger partial charge in [0.1, 0.15) is 0 Å². The summed E-state index contributed by atoms with van der Waals surface area (Å²) in [5.74, 6) is 2.63. The van der Waals surface area contributed by atoms with Crippen molar-refractivity contribution in [2.45, 2.75) is 91.1 Å². The van der Waals surface area contributed by atoms with Crippen molar-refractivity contribution in [3.8, 4) is 0 Å². The normalized spacial score (nSPS) is 42.4. The first-order chi connectivity index (χ1) is 14.1. The predicted molar refractivity (Wildman–Crippen MR) is 121 cm³/mol. The standard InChI is InChI=1S/C27H42O3/c1-18(2)6-5-13-26(4,30)24-10-9-23-21-8-7-19-16-20(29)11-14-25(19,3)22(21)12-15-27(23,24)17-28/h11,14,16,18,21-24,28,30H,5-10,12-13,15,17H2,1-4H3/t21-,22+,23+,24-,25+,26+,27-/m1/s1. The lowest BCUT2D eigenvalue weighted by molar-refractivity contribution is -0.130. The Hall–Kier alpha value is -0.930. The molecule has 7 atom stereocenters. The van der Waals surface area contributed by atoms with E-state index < -0.39 is 5.60 Å². The van der Waals surface area contributed by atoms with Gasteiger partial charge in [-0.1, -0.05) is 45.3 Å². The van der Waals surface area contributed by atoms with Gasteiger partial charge in [-0.2, -0.15) is 0 Å². The molecule has 0 unspecified atom stereocenters. The highest BCUT2D eigenvalue weighted by Crippen LogP contribution is 2.67. The highest BCUT2D eigenvalue weighted by Gasteiger charge is 2.62. The van der Waals surface area contributed by atoms with E-state index in [2.05, 4.69) is 26.8 Å². The number of rotatable bonds is 6. The average Bonchev–Trinajstić information content (AvgIpc) is 3.09. The maximum absolute atomic E-state index is 12.0. The summed E-state index contributed by atoms with van der Waals surface area (Å²) in [5, 5.41) is 22.3. The van der Waals surface area contributed by atoms with Gasteiger partial charge in [0, 0.05) is 17.4 Å². The van der Waals surface area contributed by atoms with E-state index in [1.165, 1.54) is 5.57 Å². The number of allylic oxidation sites excluding steroid dienone is 4. The molecule has 0 amide bonds. The van der Waals surface area contributed by atoms with Crippen molar-refractivity contribution in [3.05, 3.63) is 23.8 Å². The molecule has 0 heterocycles. The van der Waals surface area contributed by atoms with Crippen LogP contribution in [0.15, 0.2) is 23.8 Å². The van der Waals surface area contributed by atoms with Crippen LogP contribution >= 0.6 is 0 Å². The van der Waals surface area contributed by atoms with E-state index in [0.29, 0.717) is 23.7 Å². The maximum atomic E-state index is 12.0. The second kappa shape index (κ2) is 7.89. The Kier molecular flexibility index (Phi) is 5.85. The number of carbonyl (C=O) groups excluding carboxylic acids is 1. The maximum Gasteiger partial charge on any atom is 0.178 e. The van der Waals surface area contributed by atoms with Crippen LogP contribution in [-0.4, -0.2) is 28.2 Å². The lowest BCUT2D eigenvalue weighted by Gasteiger charge is -2.58. The molecule has 30 heavy (non-hydrogen) atoms. The molecule has 0 saturated heterocycles. The lowest BCUT2D eigenvalue weighted by atomic mass is 9.46. The van der Waals surface area contributed by atoms with E-state index in [1.54, 1.807) is 6.08 Å². The number of hydrogen-bond donors (Lipinski definition) is 2. The van der Waals surface area contributed by atoms with Crippen molar-refractivity contribution < 1.29 is 15.0 Å². The Morgan fingerprint density at radius 2 is 1.97 bits per heavy atom. The predicted octanol–water partition coefficient (Wildman–Crippen LogP) is 5.46. The number of aliphatic hydroxyl groups excluding tert-OH is 1. The summed E-state index contributed by atoms with van der Waals surface area (Å²) in [4.78, 5) is 12.0. The Labute approximate surface area is 183 Å². The largest absolute Gasteiger partial charge is 0.396 e. The third-order valence-corrected chi connectivity index (χ3v) is 9.78. The van der Waals surface area contributed by atoms with Crippen LogP contribution in [0.4, 0.5) is 0 Å². The molecular weight excluding hydrogens is 372 g/mol. The second-order valence-electron chi connectivity index (χ2n) is 11.8. The molecule has 4 aliphatic rings. The zero-order valence-corrected chi connectivity index (χ0v) is 19.5. The van der Waals surface area contributed by atoms with Crippen LogP contribution in [-0.2, 0) is 4.79 Å². The summed E-state index contributed by atoms with van der Waals surface area (Å²) in [6.45, 7) is 9.08. The molecule has 168 valence electrons. The van der Waals surface area contributed by atoms with E-state index in [4.69, 9.17) is 0 Å². The molecule has 3 fully saturated rings. The molecule has 0 aromatic carbocycles. The number of carbonyl (C=O) groups is 1. The highest BCUT2D eigenvalue weighted by atomic mass is 16.3. The minimum atomic E-state index is -0.694. The van der Waals surface area contributed by atoms with Crippen LogP contribution in [0, 0.1) is 40.4 Å². The molecule has 4 aliphatic carbocycles. The van der Waals surface area contributed by atoms with E-state index in [1.807, 2.05) is 13.0 Å². The molecule has 0 aromatic rings. The number of aliphatic hydroxyl groups is 2. The average molecular weight is 415 g/mol. The lowest BCUT2D eigenvalue weighted by Crippen LogP contribution is -2.55. The topological polar surface area (TPSA) is 57.5 Å². The van der Waals surface area contributed by atoms with Crippen LogP contribution in [0.2, 0.25) is 0 Å². The van der Waals surface area contributed by atoms with Gasteiger partial charge in [0.2, 0.25) is 0 Å². The Morgan fingerprint density at radius 3 is 2.67 bits per heavy atom. The Morgan fingerprint density at radius 1 is 1.20 bits per heavy atom. The molecule has 0 aliphatic heterocycles. The van der Waals surface area contributed by atoms with Crippen LogP contribution in [0.5, 0.6) is 0 Å². The van der Waals surface area contributed by atoms with Crippen LogP contribution in [0.25, 0.3) is 0 Å². The third-order valence-electron chi connectivity index (χ3n) is 9.78. The summed E-state index contributed by atoms with van der Waals surface area (Å²) in [6, 6.07) is 0. The first-order valence-electron chi connectivity index (χ1n) is 12.4. The molecule has 3 saturated carbocycles. The van der Waals surface area contributed by atoms with Gasteiger partial charge in [-0.15, -0.1) is 0 Å². The fraction of sp³-hybridized carbons (Fsp3) is 0.815. The summed E-state index contributed by atoms with van der Waals surface area (Å²) in [6.07, 6.45) is 15.3. The smallest absolute Gasteiger partial charge is 0.178 e. The zero-order valence-electron chi connectivity index (χ0n) is 19.5. The van der Waals surface area contributed by atoms with Crippen molar-refractivity contribution in [2.75, 3.05) is 6.61 Å². The monoisotopic (exact) mass is 414 g/mol. The minimum absolute atomic E-state index is 0.00366. The number of fused-ring (bicyclic) bond motifs is 5. The van der Waals surface area contributed by atoms with Gasteiger partial charge in [0.05, 0.1) is 5.60 Å². The van der Waals surface area contributed by atoms with E-state index >= 15 is 0 Å². The molecule has 3 heteroatoms. The quantitative estimate of drug-likeness (QED) is 0.607. The van der Waals surface area contributed by atoms with Crippen molar-refractivity contribution in [1.29, 1.82) is 0 Å². The molecule has 3 nitrogen and oxygen atoms in total. The summed E-state index contributed by atoms with van der Waals surface area (Å²) in [5.41, 5.74) is 0.493. The minimum Gasteiger partial charge on any atom is -0.396 e. The van der Waals surface area contributed by atoms with Gasteiger partial charge in [0.25, 0.3) is 0 Å². The SMILES string of the molecule is CC(C)CCC[C@](C)(O)[C@H]1CC[C@H]2[C@@H]3CCC4=CC(=O)C=C[C@]4(C)[C@H]3CC[C@@]21CO.